The average Bonchev–Trinajstić information content (AvgIpc) is 2.37. The van der Waals surface area contributed by atoms with Crippen LogP contribution in [0, 0.1) is 11.2 Å². The molecule has 0 heterocycles. The second kappa shape index (κ2) is 6.35. The first-order valence-electron chi connectivity index (χ1n) is 6.55. The average molecular weight is 268 g/mol. The number of nitrogens with zero attached hydrogens (tertiary/aromatic N) is 1. The maximum Gasteiger partial charge on any atom is 0.131 e. The monoisotopic (exact) mass is 268 g/mol. The molecule has 108 valence electrons. The number of halogens is 1. The van der Waals surface area contributed by atoms with Crippen LogP contribution in [0.25, 0.3) is 0 Å². The lowest BCUT2D eigenvalue weighted by Crippen LogP contribution is -2.38. The lowest BCUT2D eigenvalue weighted by molar-refractivity contribution is 0.169. The van der Waals surface area contributed by atoms with Crippen molar-refractivity contribution in [2.24, 2.45) is 11.1 Å². The molecule has 1 atom stereocenters. The molecule has 4 heteroatoms. The molecular weight excluding hydrogens is 243 g/mol. The molecule has 0 fully saturated rings. The standard InChI is InChI=1S/C15H25FN2O/c1-11(18(4)10-15(2,3)9-17)14-12(16)7-6-8-13(14)19-5/h6-8,11H,9-10,17H2,1-5H3. The van der Waals surface area contributed by atoms with Gasteiger partial charge in [0.1, 0.15) is 11.6 Å². The second-order valence-electron chi connectivity index (χ2n) is 5.82. The molecule has 0 radical (unpaired) electrons. The van der Waals surface area contributed by atoms with E-state index >= 15 is 0 Å². The Morgan fingerprint density at radius 1 is 1.42 bits per heavy atom. The summed E-state index contributed by atoms with van der Waals surface area (Å²) >= 11 is 0. The van der Waals surface area contributed by atoms with Crippen molar-refractivity contribution < 1.29 is 9.13 Å². The maximum absolute atomic E-state index is 14.0. The fourth-order valence-electron chi connectivity index (χ4n) is 2.20. The summed E-state index contributed by atoms with van der Waals surface area (Å²) in [4.78, 5) is 2.10. The summed E-state index contributed by atoms with van der Waals surface area (Å²) in [5.41, 5.74) is 6.35. The fourth-order valence-corrected chi connectivity index (χ4v) is 2.20. The molecule has 0 aliphatic heterocycles. The van der Waals surface area contributed by atoms with Crippen LogP contribution in [0.15, 0.2) is 18.2 Å². The van der Waals surface area contributed by atoms with Gasteiger partial charge in [0, 0.05) is 18.2 Å². The van der Waals surface area contributed by atoms with Gasteiger partial charge < -0.3 is 10.5 Å². The van der Waals surface area contributed by atoms with Crippen LogP contribution in [0.1, 0.15) is 32.4 Å². The molecule has 0 amide bonds. The van der Waals surface area contributed by atoms with Crippen molar-refractivity contribution in [1.82, 2.24) is 4.90 Å². The molecule has 0 spiro atoms. The fraction of sp³-hybridized carbons (Fsp3) is 0.600. The highest BCUT2D eigenvalue weighted by Gasteiger charge is 2.25. The van der Waals surface area contributed by atoms with E-state index in [-0.39, 0.29) is 17.3 Å². The minimum atomic E-state index is -0.232. The minimum absolute atomic E-state index is 0.00149. The number of nitrogens with two attached hydrogens (primary N) is 1. The Morgan fingerprint density at radius 3 is 2.58 bits per heavy atom. The van der Waals surface area contributed by atoms with Gasteiger partial charge in [-0.25, -0.2) is 4.39 Å². The molecule has 0 aliphatic rings. The van der Waals surface area contributed by atoms with Crippen LogP contribution in [0.2, 0.25) is 0 Å². The number of hydrogen-bond acceptors (Lipinski definition) is 3. The Hall–Kier alpha value is -1.13. The highest BCUT2D eigenvalue weighted by atomic mass is 19.1. The summed E-state index contributed by atoms with van der Waals surface area (Å²) in [7, 11) is 3.54. The molecule has 0 saturated carbocycles. The molecule has 1 rings (SSSR count). The zero-order chi connectivity index (χ0) is 14.6. The van der Waals surface area contributed by atoms with Gasteiger partial charge in [0.05, 0.1) is 7.11 Å². The van der Waals surface area contributed by atoms with E-state index in [4.69, 9.17) is 10.5 Å². The highest BCUT2D eigenvalue weighted by Crippen LogP contribution is 2.32. The maximum atomic E-state index is 14.0. The smallest absolute Gasteiger partial charge is 0.131 e. The van der Waals surface area contributed by atoms with Gasteiger partial charge >= 0.3 is 0 Å². The van der Waals surface area contributed by atoms with E-state index in [1.165, 1.54) is 6.07 Å². The normalized spacial score (nSPS) is 13.7. The Balaban J connectivity index is 2.97. The summed E-state index contributed by atoms with van der Waals surface area (Å²) < 4.78 is 19.3. The van der Waals surface area contributed by atoms with Gasteiger partial charge in [-0.3, -0.25) is 4.90 Å². The third-order valence-electron chi connectivity index (χ3n) is 3.54. The van der Waals surface area contributed by atoms with Crippen molar-refractivity contribution >= 4 is 0 Å². The third kappa shape index (κ3) is 3.91. The summed E-state index contributed by atoms with van der Waals surface area (Å²) in [6.45, 7) is 7.58. The molecule has 1 aromatic carbocycles. The van der Waals surface area contributed by atoms with Crippen LogP contribution in [0.5, 0.6) is 5.75 Å². The first-order chi connectivity index (χ1) is 8.82. The molecule has 2 N–H and O–H groups in total. The lowest BCUT2D eigenvalue weighted by Gasteiger charge is -2.33. The Kier molecular flexibility index (Phi) is 5.32. The summed E-state index contributed by atoms with van der Waals surface area (Å²) in [6.07, 6.45) is 0. The largest absolute Gasteiger partial charge is 0.496 e. The van der Waals surface area contributed by atoms with Crippen molar-refractivity contribution in [3.8, 4) is 5.75 Å². The van der Waals surface area contributed by atoms with Crippen LogP contribution < -0.4 is 10.5 Å². The summed E-state index contributed by atoms with van der Waals surface area (Å²) in [5, 5.41) is 0. The van der Waals surface area contributed by atoms with E-state index in [0.717, 1.165) is 6.54 Å². The molecular formula is C15H25FN2O. The van der Waals surface area contributed by atoms with Crippen molar-refractivity contribution in [2.45, 2.75) is 26.8 Å². The number of methoxy groups -OCH3 is 1. The topological polar surface area (TPSA) is 38.5 Å². The van der Waals surface area contributed by atoms with Gasteiger partial charge in [-0.05, 0) is 38.1 Å². The molecule has 0 bridgehead atoms. The van der Waals surface area contributed by atoms with E-state index in [1.807, 2.05) is 14.0 Å². The SMILES string of the molecule is COc1cccc(F)c1C(C)N(C)CC(C)(C)CN. The van der Waals surface area contributed by atoms with Crippen molar-refractivity contribution in [3.05, 3.63) is 29.6 Å². The van der Waals surface area contributed by atoms with Crippen LogP contribution in [0.3, 0.4) is 0 Å². The van der Waals surface area contributed by atoms with Crippen molar-refractivity contribution in [1.29, 1.82) is 0 Å². The van der Waals surface area contributed by atoms with Crippen LogP contribution in [-0.4, -0.2) is 32.1 Å². The highest BCUT2D eigenvalue weighted by molar-refractivity contribution is 5.36. The summed E-state index contributed by atoms with van der Waals surface area (Å²) in [6, 6.07) is 4.85. The van der Waals surface area contributed by atoms with Crippen LogP contribution in [0.4, 0.5) is 4.39 Å². The lowest BCUT2D eigenvalue weighted by atomic mass is 9.92. The molecule has 19 heavy (non-hydrogen) atoms. The number of rotatable bonds is 6. The molecule has 0 aliphatic carbocycles. The van der Waals surface area contributed by atoms with E-state index in [2.05, 4.69) is 18.7 Å². The first-order valence-corrected chi connectivity index (χ1v) is 6.55. The second-order valence-corrected chi connectivity index (χ2v) is 5.82. The molecule has 1 unspecified atom stereocenters. The molecule has 3 nitrogen and oxygen atoms in total. The predicted octanol–water partition coefficient (Wildman–Crippen LogP) is 2.81. The van der Waals surface area contributed by atoms with E-state index < -0.39 is 0 Å². The van der Waals surface area contributed by atoms with E-state index in [0.29, 0.717) is 17.9 Å². The Labute approximate surface area is 115 Å². The quantitative estimate of drug-likeness (QED) is 0.862. The van der Waals surface area contributed by atoms with Crippen molar-refractivity contribution in [2.75, 3.05) is 27.2 Å². The third-order valence-corrected chi connectivity index (χ3v) is 3.54. The summed E-state index contributed by atoms with van der Waals surface area (Å²) in [5.74, 6) is 0.356. The first kappa shape index (κ1) is 15.9. The number of ether oxygens (including phenoxy) is 1. The molecule has 1 aromatic rings. The molecule has 0 saturated heterocycles. The predicted molar refractivity (Wildman–Crippen MR) is 76.8 cm³/mol. The molecule has 0 aromatic heterocycles. The van der Waals surface area contributed by atoms with Gasteiger partial charge in [-0.2, -0.15) is 0 Å². The van der Waals surface area contributed by atoms with Crippen LogP contribution in [-0.2, 0) is 0 Å². The van der Waals surface area contributed by atoms with E-state index in [9.17, 15) is 4.39 Å². The minimum Gasteiger partial charge on any atom is -0.496 e. The van der Waals surface area contributed by atoms with E-state index in [1.54, 1.807) is 19.2 Å². The number of hydrogen-bond donors (Lipinski definition) is 1. The van der Waals surface area contributed by atoms with Gasteiger partial charge in [0.25, 0.3) is 0 Å². The van der Waals surface area contributed by atoms with Gasteiger partial charge in [-0.15, -0.1) is 0 Å². The van der Waals surface area contributed by atoms with Gasteiger partial charge in [-0.1, -0.05) is 19.9 Å². The van der Waals surface area contributed by atoms with Gasteiger partial charge in [0.2, 0.25) is 0 Å². The zero-order valence-electron chi connectivity index (χ0n) is 12.5. The van der Waals surface area contributed by atoms with Gasteiger partial charge in [0.15, 0.2) is 0 Å². The Bertz CT molecular complexity index is 421. The van der Waals surface area contributed by atoms with Crippen LogP contribution >= 0.6 is 0 Å². The zero-order valence-corrected chi connectivity index (χ0v) is 12.5. The number of benzene rings is 1. The Morgan fingerprint density at radius 2 is 2.05 bits per heavy atom. The van der Waals surface area contributed by atoms with Crippen molar-refractivity contribution in [3.63, 3.8) is 0 Å².